The first-order valence-corrected chi connectivity index (χ1v) is 10.2. The van der Waals surface area contributed by atoms with Gasteiger partial charge in [-0.2, -0.15) is 0 Å². The van der Waals surface area contributed by atoms with Crippen molar-refractivity contribution in [1.82, 2.24) is 25.5 Å². The van der Waals surface area contributed by atoms with Crippen molar-refractivity contribution in [3.8, 4) is 0 Å². The maximum atomic E-state index is 13.1. The number of imidazole rings is 1. The molecule has 2 heterocycles. The summed E-state index contributed by atoms with van der Waals surface area (Å²) in [6.45, 7) is 1.69. The summed E-state index contributed by atoms with van der Waals surface area (Å²) >= 11 is 0. The lowest BCUT2D eigenvalue weighted by atomic mass is 10.1. The Bertz CT molecular complexity index is 843. The standard InChI is InChI=1S/C19H29N7O6/c1-10(24-17(29)12(20)4-5-15(21)27)16(28)25-13(7-11-8-22-9-23-11)18(30)26-6-2-3-14(26)19(31)32/h8-10,12-14H,2-7,20H2,1H3,(H2,21,27)(H,22,23)(H,24,29)(H,25,28)(H,31,32). The summed E-state index contributed by atoms with van der Waals surface area (Å²) in [6, 6.07) is -4.08. The molecule has 4 atom stereocenters. The van der Waals surface area contributed by atoms with Gasteiger partial charge in [0.2, 0.25) is 23.6 Å². The molecule has 13 heteroatoms. The molecule has 0 bridgehead atoms. The van der Waals surface area contributed by atoms with E-state index in [1.165, 1.54) is 24.3 Å². The van der Waals surface area contributed by atoms with Gasteiger partial charge in [0, 0.05) is 31.3 Å². The van der Waals surface area contributed by atoms with Gasteiger partial charge < -0.3 is 37.1 Å². The Labute approximate surface area is 184 Å². The van der Waals surface area contributed by atoms with Gasteiger partial charge in [-0.15, -0.1) is 0 Å². The number of aromatic amines is 1. The van der Waals surface area contributed by atoms with Crippen LogP contribution in [0, 0.1) is 0 Å². The van der Waals surface area contributed by atoms with E-state index in [0.717, 1.165) is 0 Å². The number of carboxylic acids is 1. The lowest BCUT2D eigenvalue weighted by molar-refractivity contribution is -0.149. The Morgan fingerprint density at radius 1 is 1.28 bits per heavy atom. The molecule has 4 unspecified atom stereocenters. The van der Waals surface area contributed by atoms with Gasteiger partial charge in [-0.25, -0.2) is 9.78 Å². The number of aromatic nitrogens is 2. The maximum Gasteiger partial charge on any atom is 0.326 e. The normalized spacial score (nSPS) is 18.4. The van der Waals surface area contributed by atoms with Gasteiger partial charge in [-0.3, -0.25) is 19.2 Å². The summed E-state index contributed by atoms with van der Waals surface area (Å²) in [6.07, 6.45) is 3.81. The van der Waals surface area contributed by atoms with E-state index in [4.69, 9.17) is 11.5 Å². The summed E-state index contributed by atoms with van der Waals surface area (Å²) in [5.74, 6) is -3.52. The van der Waals surface area contributed by atoms with E-state index in [1.54, 1.807) is 0 Å². The van der Waals surface area contributed by atoms with E-state index in [-0.39, 0.29) is 25.8 Å². The fourth-order valence-electron chi connectivity index (χ4n) is 3.42. The van der Waals surface area contributed by atoms with E-state index >= 15 is 0 Å². The smallest absolute Gasteiger partial charge is 0.326 e. The summed E-state index contributed by atoms with van der Waals surface area (Å²) in [5.41, 5.74) is 11.3. The molecule has 0 aliphatic carbocycles. The first-order chi connectivity index (χ1) is 15.1. The van der Waals surface area contributed by atoms with Crippen LogP contribution in [0.5, 0.6) is 0 Å². The molecule has 4 amide bonds. The van der Waals surface area contributed by atoms with Crippen LogP contribution in [0.3, 0.4) is 0 Å². The second-order valence-corrected chi connectivity index (χ2v) is 7.71. The van der Waals surface area contributed by atoms with E-state index in [1.807, 2.05) is 0 Å². The Hall–Kier alpha value is -3.48. The highest BCUT2D eigenvalue weighted by atomic mass is 16.4. The SMILES string of the molecule is CC(NC(=O)C(N)CCC(N)=O)C(=O)NC(Cc1cnc[nH]1)C(=O)N1CCCC1C(=O)O. The Morgan fingerprint density at radius 3 is 2.59 bits per heavy atom. The van der Waals surface area contributed by atoms with Crippen LogP contribution in [0.1, 0.15) is 38.3 Å². The number of nitrogens with zero attached hydrogens (tertiary/aromatic N) is 2. The van der Waals surface area contributed by atoms with Crippen molar-refractivity contribution < 1.29 is 29.1 Å². The number of nitrogens with one attached hydrogen (secondary N) is 3. The van der Waals surface area contributed by atoms with Crippen LogP contribution in [0.2, 0.25) is 0 Å². The number of likely N-dealkylation sites (tertiary alicyclic amines) is 1. The molecule has 13 nitrogen and oxygen atoms in total. The van der Waals surface area contributed by atoms with Crippen LogP contribution in [0.15, 0.2) is 12.5 Å². The highest BCUT2D eigenvalue weighted by Crippen LogP contribution is 2.19. The van der Waals surface area contributed by atoms with Gasteiger partial charge in [0.15, 0.2) is 0 Å². The second-order valence-electron chi connectivity index (χ2n) is 7.71. The minimum atomic E-state index is -1.10. The number of carboxylic acid groups (broad SMARTS) is 1. The van der Waals surface area contributed by atoms with Crippen molar-refractivity contribution in [2.75, 3.05) is 6.54 Å². The predicted octanol–water partition coefficient (Wildman–Crippen LogP) is -2.39. The zero-order valence-corrected chi connectivity index (χ0v) is 17.7. The van der Waals surface area contributed by atoms with Crippen molar-refractivity contribution in [2.45, 2.75) is 63.2 Å². The minimum Gasteiger partial charge on any atom is -0.480 e. The van der Waals surface area contributed by atoms with Crippen LogP contribution < -0.4 is 22.1 Å². The number of H-pyrrole nitrogens is 1. The molecule has 0 spiro atoms. The zero-order chi connectivity index (χ0) is 23.8. The number of rotatable bonds is 11. The number of primary amides is 1. The molecule has 1 fully saturated rings. The van der Waals surface area contributed by atoms with E-state index in [9.17, 15) is 29.1 Å². The third-order valence-corrected chi connectivity index (χ3v) is 5.20. The third kappa shape index (κ3) is 6.77. The molecule has 1 aliphatic rings. The first-order valence-electron chi connectivity index (χ1n) is 10.2. The van der Waals surface area contributed by atoms with Crippen LogP contribution >= 0.6 is 0 Å². The molecule has 1 aromatic heterocycles. The summed E-state index contributed by atoms with van der Waals surface area (Å²) in [4.78, 5) is 68.2. The number of hydrogen-bond acceptors (Lipinski definition) is 7. The number of carbonyl (C=O) groups excluding carboxylic acids is 4. The average Bonchev–Trinajstić information content (AvgIpc) is 3.42. The largest absolute Gasteiger partial charge is 0.480 e. The third-order valence-electron chi connectivity index (χ3n) is 5.20. The molecular formula is C19H29N7O6. The monoisotopic (exact) mass is 451 g/mol. The second kappa shape index (κ2) is 11.2. The van der Waals surface area contributed by atoms with E-state index in [2.05, 4.69) is 20.6 Å². The Morgan fingerprint density at radius 2 is 2.00 bits per heavy atom. The van der Waals surface area contributed by atoms with Crippen molar-refractivity contribution >= 4 is 29.6 Å². The van der Waals surface area contributed by atoms with Gasteiger partial charge in [-0.1, -0.05) is 0 Å². The fraction of sp³-hybridized carbons (Fsp3) is 0.579. The van der Waals surface area contributed by atoms with Crippen molar-refractivity contribution in [2.24, 2.45) is 11.5 Å². The lowest BCUT2D eigenvalue weighted by Crippen LogP contribution is -2.57. The fourth-order valence-corrected chi connectivity index (χ4v) is 3.42. The molecule has 1 aromatic rings. The van der Waals surface area contributed by atoms with Crippen molar-refractivity contribution in [3.05, 3.63) is 18.2 Å². The van der Waals surface area contributed by atoms with Gasteiger partial charge in [-0.05, 0) is 26.2 Å². The van der Waals surface area contributed by atoms with E-state index in [0.29, 0.717) is 18.5 Å². The highest BCUT2D eigenvalue weighted by molar-refractivity contribution is 5.94. The summed E-state index contributed by atoms with van der Waals surface area (Å²) in [7, 11) is 0. The molecule has 176 valence electrons. The van der Waals surface area contributed by atoms with Crippen molar-refractivity contribution in [1.29, 1.82) is 0 Å². The van der Waals surface area contributed by atoms with Crippen LogP contribution in [0.25, 0.3) is 0 Å². The average molecular weight is 451 g/mol. The molecule has 0 saturated carbocycles. The first kappa shape index (κ1) is 24.8. The van der Waals surface area contributed by atoms with Crippen LogP contribution in [0.4, 0.5) is 0 Å². The van der Waals surface area contributed by atoms with Gasteiger partial charge in [0.1, 0.15) is 18.1 Å². The molecule has 8 N–H and O–H groups in total. The van der Waals surface area contributed by atoms with Crippen molar-refractivity contribution in [3.63, 3.8) is 0 Å². The topological polar surface area (TPSA) is 214 Å². The highest BCUT2D eigenvalue weighted by Gasteiger charge is 2.38. The molecular weight excluding hydrogens is 422 g/mol. The van der Waals surface area contributed by atoms with Gasteiger partial charge in [0.05, 0.1) is 12.4 Å². The lowest BCUT2D eigenvalue weighted by Gasteiger charge is -2.28. The predicted molar refractivity (Wildman–Crippen MR) is 111 cm³/mol. The number of aliphatic carboxylic acids is 1. The van der Waals surface area contributed by atoms with Crippen LogP contribution in [-0.2, 0) is 30.4 Å². The zero-order valence-electron chi connectivity index (χ0n) is 17.7. The summed E-state index contributed by atoms with van der Waals surface area (Å²) in [5, 5.41) is 14.4. The number of amides is 4. The molecule has 0 aromatic carbocycles. The van der Waals surface area contributed by atoms with E-state index < -0.39 is 53.8 Å². The quantitative estimate of drug-likeness (QED) is 0.213. The Kier molecular flexibility index (Phi) is 8.70. The number of hydrogen-bond donors (Lipinski definition) is 6. The molecule has 32 heavy (non-hydrogen) atoms. The minimum absolute atomic E-state index is 0.0297. The molecule has 1 aliphatic heterocycles. The summed E-state index contributed by atoms with van der Waals surface area (Å²) < 4.78 is 0. The molecule has 2 rings (SSSR count). The maximum absolute atomic E-state index is 13.1. The van der Waals surface area contributed by atoms with Gasteiger partial charge >= 0.3 is 5.97 Å². The number of carbonyl (C=O) groups is 5. The molecule has 0 radical (unpaired) electrons. The number of nitrogens with two attached hydrogens (primary N) is 2. The molecule has 1 saturated heterocycles. The Balaban J connectivity index is 2.05. The van der Waals surface area contributed by atoms with Gasteiger partial charge in [0.25, 0.3) is 0 Å². The van der Waals surface area contributed by atoms with Crippen LogP contribution in [-0.4, -0.2) is 80.3 Å².